The molecule has 1 fully saturated rings. The third kappa shape index (κ3) is 2.24. The summed E-state index contributed by atoms with van der Waals surface area (Å²) in [6, 6.07) is 2.70. The van der Waals surface area contributed by atoms with Crippen LogP contribution >= 0.6 is 15.9 Å². The number of rotatable bonds is 2. The molecule has 98 valence electrons. The maximum Gasteiger partial charge on any atom is 0.175 e. The van der Waals surface area contributed by atoms with Crippen LogP contribution in [0.4, 0.5) is 0 Å². The van der Waals surface area contributed by atoms with E-state index >= 15 is 0 Å². The molecule has 0 bridgehead atoms. The van der Waals surface area contributed by atoms with E-state index in [0.29, 0.717) is 19.3 Å². The molecule has 3 nitrogen and oxygen atoms in total. The SMILES string of the molecule is Cc1cc2c(c(Br)c1CC1CCCN1)OCCO2. The van der Waals surface area contributed by atoms with Gasteiger partial charge in [-0.15, -0.1) is 0 Å². The summed E-state index contributed by atoms with van der Waals surface area (Å²) >= 11 is 3.69. The van der Waals surface area contributed by atoms with Crippen molar-refractivity contribution in [3.05, 3.63) is 21.7 Å². The van der Waals surface area contributed by atoms with Gasteiger partial charge >= 0.3 is 0 Å². The van der Waals surface area contributed by atoms with Gasteiger partial charge < -0.3 is 14.8 Å². The Balaban J connectivity index is 1.92. The zero-order valence-electron chi connectivity index (χ0n) is 10.6. The van der Waals surface area contributed by atoms with E-state index in [1.165, 1.54) is 24.0 Å². The molecule has 2 aliphatic rings. The van der Waals surface area contributed by atoms with Gasteiger partial charge in [0.05, 0.1) is 4.47 Å². The molecule has 1 N–H and O–H groups in total. The van der Waals surface area contributed by atoms with Crippen LogP contribution in [0.5, 0.6) is 11.5 Å². The number of nitrogens with one attached hydrogen (secondary N) is 1. The molecule has 0 saturated carbocycles. The maximum atomic E-state index is 5.72. The summed E-state index contributed by atoms with van der Waals surface area (Å²) in [6.45, 7) is 4.57. The number of hydrogen-bond acceptors (Lipinski definition) is 3. The van der Waals surface area contributed by atoms with Crippen molar-refractivity contribution in [3.8, 4) is 11.5 Å². The lowest BCUT2D eigenvalue weighted by atomic mass is 9.99. The van der Waals surface area contributed by atoms with Crippen molar-refractivity contribution in [1.29, 1.82) is 0 Å². The van der Waals surface area contributed by atoms with Gasteiger partial charge in [-0.3, -0.25) is 0 Å². The van der Waals surface area contributed by atoms with Gasteiger partial charge in [0, 0.05) is 6.04 Å². The van der Waals surface area contributed by atoms with Gasteiger partial charge in [-0.1, -0.05) is 0 Å². The minimum absolute atomic E-state index is 0.600. The molecule has 1 unspecified atom stereocenters. The Morgan fingerprint density at radius 2 is 2.22 bits per heavy atom. The number of benzene rings is 1. The van der Waals surface area contributed by atoms with Gasteiger partial charge in [0.2, 0.25) is 0 Å². The van der Waals surface area contributed by atoms with E-state index in [1.807, 2.05) is 0 Å². The van der Waals surface area contributed by atoms with E-state index in [9.17, 15) is 0 Å². The van der Waals surface area contributed by atoms with Crippen LogP contribution in [0.15, 0.2) is 10.5 Å². The normalized spacial score (nSPS) is 22.2. The molecule has 2 aliphatic heterocycles. The monoisotopic (exact) mass is 311 g/mol. The van der Waals surface area contributed by atoms with Crippen LogP contribution in [0, 0.1) is 6.92 Å². The highest BCUT2D eigenvalue weighted by molar-refractivity contribution is 9.10. The van der Waals surface area contributed by atoms with Crippen LogP contribution in [-0.4, -0.2) is 25.8 Å². The van der Waals surface area contributed by atoms with Crippen molar-refractivity contribution in [3.63, 3.8) is 0 Å². The summed E-state index contributed by atoms with van der Waals surface area (Å²) in [5.74, 6) is 1.74. The minimum Gasteiger partial charge on any atom is -0.486 e. The number of aryl methyl sites for hydroxylation is 1. The largest absolute Gasteiger partial charge is 0.486 e. The Hall–Kier alpha value is -0.740. The van der Waals surface area contributed by atoms with Crippen molar-refractivity contribution in [2.24, 2.45) is 0 Å². The first-order chi connectivity index (χ1) is 8.75. The highest BCUT2D eigenvalue weighted by Crippen LogP contribution is 2.42. The van der Waals surface area contributed by atoms with Crippen molar-refractivity contribution < 1.29 is 9.47 Å². The van der Waals surface area contributed by atoms with Gasteiger partial charge in [0.1, 0.15) is 13.2 Å². The Morgan fingerprint density at radius 1 is 1.39 bits per heavy atom. The molecule has 1 aromatic rings. The van der Waals surface area contributed by atoms with Crippen LogP contribution in [-0.2, 0) is 6.42 Å². The fourth-order valence-electron chi connectivity index (χ4n) is 2.73. The molecule has 2 heterocycles. The average molecular weight is 312 g/mol. The Labute approximate surface area is 116 Å². The van der Waals surface area contributed by atoms with Crippen molar-refractivity contribution in [1.82, 2.24) is 5.32 Å². The van der Waals surface area contributed by atoms with Crippen LogP contribution < -0.4 is 14.8 Å². The quantitative estimate of drug-likeness (QED) is 0.911. The zero-order chi connectivity index (χ0) is 12.5. The predicted octanol–water partition coefficient (Wildman–Crippen LogP) is 2.82. The van der Waals surface area contributed by atoms with Gasteiger partial charge in [0.25, 0.3) is 0 Å². The number of hydrogen-bond donors (Lipinski definition) is 1. The Bertz CT molecular complexity index is 456. The first-order valence-corrected chi connectivity index (χ1v) is 7.36. The molecular formula is C14H18BrNO2. The van der Waals surface area contributed by atoms with Crippen molar-refractivity contribution in [2.75, 3.05) is 19.8 Å². The predicted molar refractivity (Wildman–Crippen MR) is 74.6 cm³/mol. The summed E-state index contributed by atoms with van der Waals surface area (Å²) in [5.41, 5.74) is 2.62. The summed E-state index contributed by atoms with van der Waals surface area (Å²) in [5, 5.41) is 3.55. The lowest BCUT2D eigenvalue weighted by Crippen LogP contribution is -2.24. The van der Waals surface area contributed by atoms with Gasteiger partial charge in [-0.05, 0) is 65.9 Å². The van der Waals surface area contributed by atoms with Crippen molar-refractivity contribution >= 4 is 15.9 Å². The third-order valence-electron chi connectivity index (χ3n) is 3.71. The fraction of sp³-hybridized carbons (Fsp3) is 0.571. The number of halogens is 1. The molecule has 0 aromatic heterocycles. The average Bonchev–Trinajstić information content (AvgIpc) is 2.87. The van der Waals surface area contributed by atoms with E-state index in [-0.39, 0.29) is 0 Å². The first-order valence-electron chi connectivity index (χ1n) is 6.56. The second kappa shape index (κ2) is 5.10. The molecule has 0 radical (unpaired) electrons. The smallest absolute Gasteiger partial charge is 0.175 e. The molecule has 1 atom stereocenters. The summed E-state index contributed by atoms with van der Waals surface area (Å²) in [6.07, 6.45) is 3.61. The van der Waals surface area contributed by atoms with E-state index in [1.54, 1.807) is 0 Å². The van der Waals surface area contributed by atoms with Gasteiger partial charge in [-0.25, -0.2) is 0 Å². The van der Waals surface area contributed by atoms with E-state index in [0.717, 1.165) is 28.9 Å². The molecule has 0 spiro atoms. The van der Waals surface area contributed by atoms with Gasteiger partial charge in [0.15, 0.2) is 11.5 Å². The maximum absolute atomic E-state index is 5.72. The third-order valence-corrected chi connectivity index (χ3v) is 4.55. The summed E-state index contributed by atoms with van der Waals surface area (Å²) in [4.78, 5) is 0. The number of ether oxygens (including phenoxy) is 2. The second-order valence-electron chi connectivity index (χ2n) is 5.01. The second-order valence-corrected chi connectivity index (χ2v) is 5.80. The van der Waals surface area contributed by atoms with Crippen LogP contribution in [0.3, 0.4) is 0 Å². The number of fused-ring (bicyclic) bond motifs is 1. The highest BCUT2D eigenvalue weighted by Gasteiger charge is 2.23. The Morgan fingerprint density at radius 3 is 3.00 bits per heavy atom. The molecule has 1 aromatic carbocycles. The van der Waals surface area contributed by atoms with Gasteiger partial charge in [-0.2, -0.15) is 0 Å². The molecule has 1 saturated heterocycles. The van der Waals surface area contributed by atoms with E-state index in [4.69, 9.17) is 9.47 Å². The highest BCUT2D eigenvalue weighted by atomic mass is 79.9. The Kier molecular flexibility index (Phi) is 3.48. The van der Waals surface area contributed by atoms with E-state index in [2.05, 4.69) is 34.2 Å². The fourth-order valence-corrected chi connectivity index (χ4v) is 3.52. The molecule has 0 amide bonds. The van der Waals surface area contributed by atoms with Crippen LogP contribution in [0.1, 0.15) is 24.0 Å². The molecule has 3 rings (SSSR count). The van der Waals surface area contributed by atoms with Crippen molar-refractivity contribution in [2.45, 2.75) is 32.2 Å². The molecular weight excluding hydrogens is 294 g/mol. The zero-order valence-corrected chi connectivity index (χ0v) is 12.2. The van der Waals surface area contributed by atoms with E-state index < -0.39 is 0 Å². The lowest BCUT2D eigenvalue weighted by Gasteiger charge is -2.23. The summed E-state index contributed by atoms with van der Waals surface area (Å²) < 4.78 is 12.4. The molecule has 18 heavy (non-hydrogen) atoms. The standard InChI is InChI=1S/C14H18BrNO2/c1-9-7-12-14(18-6-5-17-12)13(15)11(9)8-10-3-2-4-16-10/h7,10,16H,2-6,8H2,1H3. The molecule has 4 heteroatoms. The molecule has 0 aliphatic carbocycles. The lowest BCUT2D eigenvalue weighted by molar-refractivity contribution is 0.170. The first kappa shape index (κ1) is 12.3. The minimum atomic E-state index is 0.600. The summed E-state index contributed by atoms with van der Waals surface area (Å²) in [7, 11) is 0. The van der Waals surface area contributed by atoms with Crippen LogP contribution in [0.2, 0.25) is 0 Å². The topological polar surface area (TPSA) is 30.5 Å². The van der Waals surface area contributed by atoms with Crippen LogP contribution in [0.25, 0.3) is 0 Å².